The summed E-state index contributed by atoms with van der Waals surface area (Å²) in [6.45, 7) is 3.60. The first kappa shape index (κ1) is 15.7. The lowest BCUT2D eigenvalue weighted by Crippen LogP contribution is -2.11. The minimum absolute atomic E-state index is 0.0866. The highest BCUT2D eigenvalue weighted by molar-refractivity contribution is 8.00. The fourth-order valence-electron chi connectivity index (χ4n) is 1.34. The Kier molecular flexibility index (Phi) is 4.18. The van der Waals surface area contributed by atoms with Crippen molar-refractivity contribution in [1.29, 1.82) is 0 Å². The van der Waals surface area contributed by atoms with Crippen molar-refractivity contribution < 1.29 is 23.1 Å². The van der Waals surface area contributed by atoms with Crippen molar-refractivity contribution in [2.45, 2.75) is 35.6 Å². The van der Waals surface area contributed by atoms with Crippen LogP contribution in [-0.2, 0) is 6.18 Å². The summed E-state index contributed by atoms with van der Waals surface area (Å²) in [5.74, 6) is -1.67. The predicted molar refractivity (Wildman–Crippen MR) is 66.4 cm³/mol. The van der Waals surface area contributed by atoms with E-state index in [-0.39, 0.29) is 15.5 Å². The Hall–Kier alpha value is -1.69. The van der Waals surface area contributed by atoms with Crippen LogP contribution in [0.2, 0.25) is 0 Å². The van der Waals surface area contributed by atoms with Crippen LogP contribution in [0.3, 0.4) is 0 Å². The maximum Gasteiger partial charge on any atom is 0.435 e. The molecule has 7 nitrogen and oxygen atoms in total. The highest BCUT2D eigenvalue weighted by Crippen LogP contribution is 2.39. The van der Waals surface area contributed by atoms with E-state index in [1.807, 2.05) is 0 Å². The monoisotopic (exact) mass is 339 g/mol. The van der Waals surface area contributed by atoms with Gasteiger partial charge in [0.15, 0.2) is 10.0 Å². The Labute approximate surface area is 124 Å². The van der Waals surface area contributed by atoms with Crippen molar-refractivity contribution in [1.82, 2.24) is 25.2 Å². The van der Waals surface area contributed by atoms with Gasteiger partial charge in [0.1, 0.15) is 4.88 Å². The van der Waals surface area contributed by atoms with Gasteiger partial charge in [-0.15, -0.1) is 5.10 Å². The molecule has 2 aromatic rings. The van der Waals surface area contributed by atoms with Crippen LogP contribution in [0, 0.1) is 0 Å². The lowest BCUT2D eigenvalue weighted by atomic mass is 10.3. The van der Waals surface area contributed by atoms with Gasteiger partial charge in [-0.05, 0) is 36.0 Å². The van der Waals surface area contributed by atoms with E-state index in [1.54, 1.807) is 13.8 Å². The van der Waals surface area contributed by atoms with E-state index in [0.717, 1.165) is 11.8 Å². The molecule has 0 saturated heterocycles. The lowest BCUT2D eigenvalue weighted by Gasteiger charge is -2.05. The Balaban J connectivity index is 2.38. The van der Waals surface area contributed by atoms with Gasteiger partial charge >= 0.3 is 12.1 Å². The van der Waals surface area contributed by atoms with Crippen LogP contribution in [0.25, 0.3) is 0 Å². The first-order chi connectivity index (χ1) is 9.70. The molecular weight excluding hydrogens is 331 g/mol. The summed E-state index contributed by atoms with van der Waals surface area (Å²) < 4.78 is 39.5. The van der Waals surface area contributed by atoms with E-state index in [1.165, 1.54) is 4.68 Å². The maximum atomic E-state index is 12.7. The average Bonchev–Trinajstić information content (AvgIpc) is 2.94. The number of rotatable bonds is 4. The lowest BCUT2D eigenvalue weighted by molar-refractivity contribution is -0.141. The largest absolute Gasteiger partial charge is 0.477 e. The molecule has 2 rings (SSSR count). The zero-order chi connectivity index (χ0) is 15.8. The highest BCUT2D eigenvalue weighted by atomic mass is 32.2. The third-order valence-corrected chi connectivity index (χ3v) is 4.26. The summed E-state index contributed by atoms with van der Waals surface area (Å²) in [4.78, 5) is 13.4. The third-order valence-electron chi connectivity index (χ3n) is 2.20. The van der Waals surface area contributed by atoms with Crippen molar-refractivity contribution >= 4 is 29.1 Å². The first-order valence-electron chi connectivity index (χ1n) is 5.47. The number of hydrogen-bond acceptors (Lipinski definition) is 7. The molecule has 0 fully saturated rings. The molecule has 0 radical (unpaired) electrons. The fraction of sp³-hybridized carbons (Fsp3) is 0.444. The summed E-state index contributed by atoms with van der Waals surface area (Å²) in [5, 5.41) is 19.9. The van der Waals surface area contributed by atoms with Crippen molar-refractivity contribution in [2.75, 3.05) is 0 Å². The second-order valence-corrected chi connectivity index (χ2v) is 6.28. The number of carboxylic acid groups (broad SMARTS) is 1. The van der Waals surface area contributed by atoms with E-state index in [0.29, 0.717) is 11.3 Å². The van der Waals surface area contributed by atoms with Crippen LogP contribution in [0.5, 0.6) is 0 Å². The first-order valence-corrected chi connectivity index (χ1v) is 7.10. The molecule has 0 atom stereocenters. The van der Waals surface area contributed by atoms with E-state index < -0.39 is 22.7 Å². The second kappa shape index (κ2) is 5.60. The quantitative estimate of drug-likeness (QED) is 0.915. The van der Waals surface area contributed by atoms with Gasteiger partial charge in [-0.1, -0.05) is 11.3 Å². The molecule has 0 aliphatic rings. The Bertz CT molecular complexity index is 667. The smallest absolute Gasteiger partial charge is 0.435 e. The van der Waals surface area contributed by atoms with Crippen molar-refractivity contribution in [3.05, 3.63) is 10.6 Å². The van der Waals surface area contributed by atoms with E-state index in [2.05, 4.69) is 20.5 Å². The number of hydrogen-bond donors (Lipinski definition) is 1. The number of aromatic carboxylic acids is 1. The number of aromatic nitrogens is 5. The van der Waals surface area contributed by atoms with Gasteiger partial charge in [0.2, 0.25) is 5.16 Å². The normalized spacial score (nSPS) is 12.1. The number of carbonyl (C=O) groups is 1. The SMILES string of the molecule is CC(C)n1nnnc1Sc1nc(C(F)(F)F)c(C(=O)O)s1. The molecule has 12 heteroatoms. The molecular formula is C9H8F3N5O2S2. The number of nitrogens with zero attached hydrogens (tertiary/aromatic N) is 5. The average molecular weight is 339 g/mol. The van der Waals surface area contributed by atoms with Crippen LogP contribution in [0.15, 0.2) is 9.50 Å². The predicted octanol–water partition coefficient (Wildman–Crippen LogP) is 2.58. The minimum Gasteiger partial charge on any atom is -0.477 e. The summed E-state index contributed by atoms with van der Waals surface area (Å²) in [5.41, 5.74) is -1.41. The standard InChI is InChI=1S/C9H8F3N5O2S2/c1-3(2)17-7(14-15-16-17)21-8-13-5(9(10,11)12)4(20-8)6(18)19/h3H,1-2H3,(H,18,19). The molecule has 0 aliphatic carbocycles. The van der Waals surface area contributed by atoms with Crippen LogP contribution in [-0.4, -0.2) is 36.3 Å². The molecule has 21 heavy (non-hydrogen) atoms. The molecule has 0 aliphatic heterocycles. The molecule has 0 amide bonds. The summed E-state index contributed by atoms with van der Waals surface area (Å²) in [6.07, 6.45) is -4.83. The Morgan fingerprint density at radius 1 is 1.43 bits per heavy atom. The molecule has 0 unspecified atom stereocenters. The van der Waals surface area contributed by atoms with Gasteiger partial charge < -0.3 is 5.11 Å². The van der Waals surface area contributed by atoms with Crippen LogP contribution < -0.4 is 0 Å². The molecule has 1 N–H and O–H groups in total. The number of tetrazole rings is 1. The van der Waals surface area contributed by atoms with Gasteiger partial charge in [-0.3, -0.25) is 0 Å². The van der Waals surface area contributed by atoms with Gasteiger partial charge in [-0.2, -0.15) is 13.2 Å². The van der Waals surface area contributed by atoms with E-state index in [4.69, 9.17) is 5.11 Å². The van der Waals surface area contributed by atoms with Gasteiger partial charge in [0.25, 0.3) is 0 Å². The Morgan fingerprint density at radius 3 is 2.57 bits per heavy atom. The molecule has 0 spiro atoms. The molecule has 0 saturated carbocycles. The number of alkyl halides is 3. The number of halogens is 3. The molecule has 114 valence electrons. The maximum absolute atomic E-state index is 12.7. The van der Waals surface area contributed by atoms with Crippen LogP contribution in [0.4, 0.5) is 13.2 Å². The number of thiazole rings is 1. The Morgan fingerprint density at radius 2 is 2.10 bits per heavy atom. The van der Waals surface area contributed by atoms with Crippen molar-refractivity contribution in [2.24, 2.45) is 0 Å². The minimum atomic E-state index is -4.83. The van der Waals surface area contributed by atoms with Gasteiger partial charge in [-0.25, -0.2) is 14.5 Å². The van der Waals surface area contributed by atoms with Crippen molar-refractivity contribution in [3.63, 3.8) is 0 Å². The number of carboxylic acids is 1. The summed E-state index contributed by atoms with van der Waals surface area (Å²) in [6, 6.07) is -0.0940. The summed E-state index contributed by atoms with van der Waals surface area (Å²) in [7, 11) is 0. The van der Waals surface area contributed by atoms with Gasteiger partial charge in [0, 0.05) is 0 Å². The molecule has 0 aromatic carbocycles. The molecule has 0 bridgehead atoms. The van der Waals surface area contributed by atoms with Crippen LogP contribution >= 0.6 is 23.1 Å². The van der Waals surface area contributed by atoms with E-state index in [9.17, 15) is 18.0 Å². The fourth-order valence-corrected chi connectivity index (χ4v) is 3.34. The molecule has 2 heterocycles. The molecule has 2 aromatic heterocycles. The van der Waals surface area contributed by atoms with Crippen molar-refractivity contribution in [3.8, 4) is 0 Å². The topological polar surface area (TPSA) is 93.8 Å². The van der Waals surface area contributed by atoms with E-state index >= 15 is 0 Å². The second-order valence-electron chi connectivity index (χ2n) is 4.06. The zero-order valence-electron chi connectivity index (χ0n) is 10.6. The highest BCUT2D eigenvalue weighted by Gasteiger charge is 2.40. The third kappa shape index (κ3) is 3.32. The zero-order valence-corrected chi connectivity index (χ0v) is 12.3. The van der Waals surface area contributed by atoms with Gasteiger partial charge in [0.05, 0.1) is 6.04 Å². The van der Waals surface area contributed by atoms with Crippen LogP contribution in [0.1, 0.15) is 35.3 Å². The summed E-state index contributed by atoms with van der Waals surface area (Å²) >= 11 is 1.23.